The van der Waals surface area contributed by atoms with Crippen LogP contribution < -0.4 is 5.11 Å². The molecule has 0 fully saturated rings. The molecule has 0 radical (unpaired) electrons. The number of carboxylic acid groups (broad SMARTS) is 1. The molecule has 0 aromatic heterocycles. The molecule has 0 bridgehead atoms. The summed E-state index contributed by atoms with van der Waals surface area (Å²) in [4.78, 5) is 37.1. The van der Waals surface area contributed by atoms with Gasteiger partial charge in [-0.25, -0.2) is 0 Å². The Hall–Kier alpha value is -3.23. The molecule has 0 saturated heterocycles. The molecule has 0 N–H and O–H groups in total. The second-order valence-corrected chi connectivity index (χ2v) is 18.8. The van der Waals surface area contributed by atoms with Gasteiger partial charge in [-0.3, -0.25) is 9.59 Å². The second-order valence-electron chi connectivity index (χ2n) is 18.8. The standard InChI is InChI=1S/C57H99NO7/c1-6-8-10-12-14-16-18-20-22-24-26-28-30-31-33-35-37-39-41-43-45-47-55(59)64-52-53(51-63-50-49-54(57(61)62)58(3,4)5)65-56(60)48-46-44-42-40-38-36-34-32-29-27-25-23-21-19-17-15-13-11-9-7-2/h14,16-17,19-23,26,28,31,33,53-54H,6-13,15,18,24-25,27,29-30,32,34-52H2,1-5H3/b16-14+,19-17+,22-20+,23-21+,28-26+,33-31+. The molecule has 2 atom stereocenters. The van der Waals surface area contributed by atoms with E-state index in [1.165, 1.54) is 109 Å². The molecule has 2 unspecified atom stereocenters. The Balaban J connectivity index is 4.29. The highest BCUT2D eigenvalue weighted by atomic mass is 16.6. The maximum absolute atomic E-state index is 12.8. The number of rotatable bonds is 47. The van der Waals surface area contributed by atoms with Crippen LogP contribution in [0.1, 0.15) is 219 Å². The van der Waals surface area contributed by atoms with Gasteiger partial charge in [-0.15, -0.1) is 0 Å². The summed E-state index contributed by atoms with van der Waals surface area (Å²) < 4.78 is 17.2. The third-order valence-corrected chi connectivity index (χ3v) is 11.6. The van der Waals surface area contributed by atoms with Crippen LogP contribution in [0.4, 0.5) is 0 Å². The number of carbonyl (C=O) groups excluding carboxylic acids is 3. The molecule has 0 heterocycles. The molecule has 0 aliphatic heterocycles. The van der Waals surface area contributed by atoms with E-state index in [9.17, 15) is 19.5 Å². The smallest absolute Gasteiger partial charge is 0.306 e. The van der Waals surface area contributed by atoms with Crippen LogP contribution >= 0.6 is 0 Å². The Bertz CT molecular complexity index is 1290. The molecule has 0 saturated carbocycles. The van der Waals surface area contributed by atoms with E-state index in [2.05, 4.69) is 86.8 Å². The summed E-state index contributed by atoms with van der Waals surface area (Å²) in [5.41, 5.74) is 0. The number of carboxylic acids is 1. The lowest BCUT2D eigenvalue weighted by atomic mass is 10.1. The first-order valence-electron chi connectivity index (χ1n) is 26.5. The van der Waals surface area contributed by atoms with Gasteiger partial charge in [0.05, 0.1) is 40.3 Å². The van der Waals surface area contributed by atoms with Crippen LogP contribution in [0.25, 0.3) is 0 Å². The highest BCUT2D eigenvalue weighted by Crippen LogP contribution is 2.15. The molecular formula is C57H99NO7. The summed E-state index contributed by atoms with van der Waals surface area (Å²) in [6, 6.07) is -0.733. The van der Waals surface area contributed by atoms with Gasteiger partial charge in [0.25, 0.3) is 0 Å². The number of aliphatic carboxylic acids is 1. The molecule has 65 heavy (non-hydrogen) atoms. The van der Waals surface area contributed by atoms with Gasteiger partial charge in [0.15, 0.2) is 6.10 Å². The Morgan fingerprint density at radius 3 is 1.32 bits per heavy atom. The van der Waals surface area contributed by atoms with Crippen molar-refractivity contribution in [1.82, 2.24) is 0 Å². The van der Waals surface area contributed by atoms with Crippen LogP contribution in [0.15, 0.2) is 72.9 Å². The van der Waals surface area contributed by atoms with Gasteiger partial charge in [-0.1, -0.05) is 189 Å². The number of nitrogens with zero attached hydrogens (tertiary/aromatic N) is 1. The highest BCUT2D eigenvalue weighted by molar-refractivity contribution is 5.70. The molecule has 8 nitrogen and oxygen atoms in total. The van der Waals surface area contributed by atoms with Crippen molar-refractivity contribution in [1.29, 1.82) is 0 Å². The van der Waals surface area contributed by atoms with Gasteiger partial charge in [0, 0.05) is 19.3 Å². The van der Waals surface area contributed by atoms with Crippen molar-refractivity contribution in [3.05, 3.63) is 72.9 Å². The molecule has 374 valence electrons. The number of ether oxygens (including phenoxy) is 3. The first-order chi connectivity index (χ1) is 31.6. The van der Waals surface area contributed by atoms with E-state index in [0.29, 0.717) is 12.8 Å². The van der Waals surface area contributed by atoms with E-state index in [1.807, 2.05) is 0 Å². The number of quaternary nitrogens is 1. The fourth-order valence-electron chi connectivity index (χ4n) is 7.46. The molecule has 0 aliphatic rings. The average Bonchev–Trinajstić information content (AvgIpc) is 3.27. The van der Waals surface area contributed by atoms with E-state index in [0.717, 1.165) is 77.0 Å². The van der Waals surface area contributed by atoms with Crippen molar-refractivity contribution in [3.63, 3.8) is 0 Å². The SMILES string of the molecule is CCCCC/C=C/C/C=C/C/C=C/C/C=C/CCCCCCCC(=O)OCC(COCCC(C(=O)[O-])[N+](C)(C)C)OC(=O)CCCCCCCCCCCC/C=C/C=C/CCCCCC. The molecule has 0 rings (SSSR count). The Morgan fingerprint density at radius 2 is 0.862 bits per heavy atom. The van der Waals surface area contributed by atoms with E-state index in [-0.39, 0.29) is 42.7 Å². The van der Waals surface area contributed by atoms with Crippen molar-refractivity contribution in [2.75, 3.05) is 41.0 Å². The lowest BCUT2D eigenvalue weighted by molar-refractivity contribution is -0.889. The molecule has 0 aromatic rings. The summed E-state index contributed by atoms with van der Waals surface area (Å²) in [6.07, 6.45) is 60.7. The largest absolute Gasteiger partial charge is 0.544 e. The number of hydrogen-bond acceptors (Lipinski definition) is 7. The third-order valence-electron chi connectivity index (χ3n) is 11.6. The van der Waals surface area contributed by atoms with Crippen LogP contribution in [-0.4, -0.2) is 75.5 Å². The van der Waals surface area contributed by atoms with E-state index >= 15 is 0 Å². The summed E-state index contributed by atoms with van der Waals surface area (Å²) in [6.45, 7) is 4.60. The van der Waals surface area contributed by atoms with Crippen LogP contribution in [0.5, 0.6) is 0 Å². The first kappa shape index (κ1) is 61.8. The van der Waals surface area contributed by atoms with Gasteiger partial charge >= 0.3 is 11.9 Å². The number of allylic oxidation sites excluding steroid dienone is 12. The van der Waals surface area contributed by atoms with Gasteiger partial charge < -0.3 is 28.6 Å². The average molecular weight is 910 g/mol. The summed E-state index contributed by atoms with van der Waals surface area (Å²) in [5, 5.41) is 11.7. The number of esters is 2. The molecule has 0 amide bonds. The van der Waals surface area contributed by atoms with Crippen molar-refractivity contribution < 1.29 is 38.2 Å². The number of likely N-dealkylation sites (N-methyl/N-ethyl adjacent to an activating group) is 1. The van der Waals surface area contributed by atoms with Gasteiger partial charge in [-0.05, 0) is 83.5 Å². The van der Waals surface area contributed by atoms with Crippen LogP contribution in [0, 0.1) is 0 Å². The summed E-state index contributed by atoms with van der Waals surface area (Å²) in [7, 11) is 5.41. The van der Waals surface area contributed by atoms with E-state index in [4.69, 9.17) is 14.2 Å². The number of unbranched alkanes of at least 4 members (excludes halogenated alkanes) is 22. The topological polar surface area (TPSA) is 102 Å². The van der Waals surface area contributed by atoms with Crippen LogP contribution in [0.3, 0.4) is 0 Å². The Kier molecular flexibility index (Phi) is 44.9. The lowest BCUT2D eigenvalue weighted by Gasteiger charge is -2.34. The van der Waals surface area contributed by atoms with E-state index < -0.39 is 18.1 Å². The lowest BCUT2D eigenvalue weighted by Crippen LogP contribution is -2.55. The Labute approximate surface area is 400 Å². The summed E-state index contributed by atoms with van der Waals surface area (Å²) >= 11 is 0. The second kappa shape index (κ2) is 47.3. The van der Waals surface area contributed by atoms with Crippen molar-refractivity contribution >= 4 is 17.9 Å². The molecule has 0 aliphatic carbocycles. The molecule has 0 aromatic carbocycles. The normalized spacial score (nSPS) is 13.4. The van der Waals surface area contributed by atoms with Crippen LogP contribution in [0.2, 0.25) is 0 Å². The van der Waals surface area contributed by atoms with Gasteiger partial charge in [0.1, 0.15) is 12.6 Å². The number of carbonyl (C=O) groups is 3. The first-order valence-corrected chi connectivity index (χ1v) is 26.5. The minimum Gasteiger partial charge on any atom is -0.544 e. The zero-order valence-electron chi connectivity index (χ0n) is 42.6. The van der Waals surface area contributed by atoms with Gasteiger partial charge in [0.2, 0.25) is 0 Å². The maximum Gasteiger partial charge on any atom is 0.306 e. The quantitative estimate of drug-likeness (QED) is 0.0197. The Morgan fingerprint density at radius 1 is 0.477 bits per heavy atom. The van der Waals surface area contributed by atoms with Crippen molar-refractivity contribution in [3.8, 4) is 0 Å². The van der Waals surface area contributed by atoms with Crippen LogP contribution in [-0.2, 0) is 28.6 Å². The predicted octanol–water partition coefficient (Wildman–Crippen LogP) is 14.1. The number of hydrogen-bond donors (Lipinski definition) is 0. The minimum atomic E-state index is -1.13. The van der Waals surface area contributed by atoms with E-state index in [1.54, 1.807) is 21.1 Å². The molecule has 0 spiro atoms. The summed E-state index contributed by atoms with van der Waals surface area (Å²) in [5.74, 6) is -1.76. The highest BCUT2D eigenvalue weighted by Gasteiger charge is 2.25. The van der Waals surface area contributed by atoms with Crippen molar-refractivity contribution in [2.24, 2.45) is 0 Å². The maximum atomic E-state index is 12.8. The monoisotopic (exact) mass is 910 g/mol. The fraction of sp³-hybridized carbons (Fsp3) is 0.737. The third kappa shape index (κ3) is 45.7. The zero-order chi connectivity index (χ0) is 47.7. The molecular weight excluding hydrogens is 811 g/mol. The van der Waals surface area contributed by atoms with Gasteiger partial charge in [-0.2, -0.15) is 0 Å². The predicted molar refractivity (Wildman–Crippen MR) is 272 cm³/mol. The van der Waals surface area contributed by atoms with Crippen molar-refractivity contribution in [2.45, 2.75) is 231 Å². The molecule has 8 heteroatoms. The zero-order valence-corrected chi connectivity index (χ0v) is 42.6. The minimum absolute atomic E-state index is 0.0304. The fourth-order valence-corrected chi connectivity index (χ4v) is 7.46.